The highest BCUT2D eigenvalue weighted by Gasteiger charge is 2.31. The quantitative estimate of drug-likeness (QED) is 0.422. The van der Waals surface area contributed by atoms with Gasteiger partial charge in [-0.3, -0.25) is 4.79 Å². The smallest absolute Gasteiger partial charge is 0.416 e. The number of aldehydes is 1. The van der Waals surface area contributed by atoms with Gasteiger partial charge in [0.1, 0.15) is 12.0 Å². The number of alkyl halides is 3. The SMILES string of the molecule is COC(=O)Cc1ccc(OC)c(-c2ccc(C(F)(F)F)cc2CNCC=O)c1. The monoisotopic (exact) mass is 395 g/mol. The van der Waals surface area contributed by atoms with Gasteiger partial charge in [-0.2, -0.15) is 13.2 Å². The van der Waals surface area contributed by atoms with Crippen LogP contribution < -0.4 is 10.1 Å². The van der Waals surface area contributed by atoms with E-state index in [1.54, 1.807) is 18.2 Å². The molecule has 0 bridgehead atoms. The normalized spacial score (nSPS) is 11.2. The van der Waals surface area contributed by atoms with Gasteiger partial charge < -0.3 is 19.6 Å². The van der Waals surface area contributed by atoms with E-state index >= 15 is 0 Å². The zero-order valence-electron chi connectivity index (χ0n) is 15.4. The summed E-state index contributed by atoms with van der Waals surface area (Å²) in [6.45, 7) is 0.0670. The predicted octanol–water partition coefficient (Wildman–Crippen LogP) is 3.39. The molecule has 0 unspecified atom stereocenters. The zero-order chi connectivity index (χ0) is 20.7. The lowest BCUT2D eigenvalue weighted by Crippen LogP contribution is -2.17. The zero-order valence-corrected chi connectivity index (χ0v) is 15.4. The molecular weight excluding hydrogens is 375 g/mol. The van der Waals surface area contributed by atoms with E-state index in [-0.39, 0.29) is 19.5 Å². The number of nitrogens with one attached hydrogen (secondary N) is 1. The molecule has 0 atom stereocenters. The van der Waals surface area contributed by atoms with Gasteiger partial charge in [-0.1, -0.05) is 12.1 Å². The summed E-state index contributed by atoms with van der Waals surface area (Å²) in [6, 6.07) is 8.41. The van der Waals surface area contributed by atoms with Gasteiger partial charge in [-0.25, -0.2) is 0 Å². The summed E-state index contributed by atoms with van der Waals surface area (Å²) < 4.78 is 49.4. The number of halogens is 3. The first-order chi connectivity index (χ1) is 13.3. The van der Waals surface area contributed by atoms with E-state index < -0.39 is 17.7 Å². The van der Waals surface area contributed by atoms with Crippen LogP contribution >= 0.6 is 0 Å². The molecule has 0 spiro atoms. The van der Waals surface area contributed by atoms with Crippen LogP contribution in [0.5, 0.6) is 5.75 Å². The highest BCUT2D eigenvalue weighted by atomic mass is 19.4. The highest BCUT2D eigenvalue weighted by molar-refractivity contribution is 5.77. The third-order valence-electron chi connectivity index (χ3n) is 4.11. The van der Waals surface area contributed by atoms with Crippen LogP contribution in [0.4, 0.5) is 13.2 Å². The van der Waals surface area contributed by atoms with Gasteiger partial charge in [0.15, 0.2) is 0 Å². The van der Waals surface area contributed by atoms with E-state index in [1.165, 1.54) is 20.3 Å². The van der Waals surface area contributed by atoms with Gasteiger partial charge >= 0.3 is 12.1 Å². The van der Waals surface area contributed by atoms with Gasteiger partial charge in [-0.15, -0.1) is 0 Å². The number of ether oxygens (including phenoxy) is 2. The van der Waals surface area contributed by atoms with Crippen LogP contribution in [0, 0.1) is 0 Å². The first kappa shape index (κ1) is 21.4. The maximum atomic E-state index is 13.1. The van der Waals surface area contributed by atoms with Crippen LogP contribution in [0.1, 0.15) is 16.7 Å². The number of hydrogen-bond acceptors (Lipinski definition) is 5. The highest BCUT2D eigenvalue weighted by Crippen LogP contribution is 2.37. The molecule has 0 saturated heterocycles. The second-order valence-electron chi connectivity index (χ2n) is 5.95. The standard InChI is InChI=1S/C20H20F3NO4/c1-27-18-6-3-13(10-19(26)28-2)9-17(18)16-5-4-15(20(21,22)23)11-14(16)12-24-7-8-25/h3-6,8-9,11,24H,7,10,12H2,1-2H3. The van der Waals surface area contributed by atoms with Gasteiger partial charge in [0.25, 0.3) is 0 Å². The molecule has 0 amide bonds. The third-order valence-corrected chi connectivity index (χ3v) is 4.11. The fraction of sp³-hybridized carbons (Fsp3) is 0.300. The predicted molar refractivity (Wildman–Crippen MR) is 96.9 cm³/mol. The molecule has 1 N–H and O–H groups in total. The van der Waals surface area contributed by atoms with Gasteiger partial charge in [-0.05, 0) is 41.0 Å². The van der Waals surface area contributed by atoms with Crippen LogP contribution in [0.15, 0.2) is 36.4 Å². The maximum absolute atomic E-state index is 13.1. The molecule has 0 fully saturated rings. The summed E-state index contributed by atoms with van der Waals surface area (Å²) >= 11 is 0. The van der Waals surface area contributed by atoms with Crippen molar-refractivity contribution in [1.29, 1.82) is 0 Å². The Bertz CT molecular complexity index is 850. The van der Waals surface area contributed by atoms with Crippen LogP contribution in [0.25, 0.3) is 11.1 Å². The van der Waals surface area contributed by atoms with Crippen LogP contribution in [0.3, 0.4) is 0 Å². The largest absolute Gasteiger partial charge is 0.496 e. The van der Waals surface area contributed by atoms with Crippen molar-refractivity contribution in [2.75, 3.05) is 20.8 Å². The molecule has 2 aromatic carbocycles. The topological polar surface area (TPSA) is 64.6 Å². The molecule has 0 aliphatic carbocycles. The van der Waals surface area contributed by atoms with Crippen molar-refractivity contribution >= 4 is 12.3 Å². The lowest BCUT2D eigenvalue weighted by Gasteiger charge is -2.17. The molecule has 2 rings (SSSR count). The number of esters is 1. The van der Waals surface area contributed by atoms with Gasteiger partial charge in [0.2, 0.25) is 0 Å². The van der Waals surface area contributed by atoms with E-state index in [0.29, 0.717) is 34.3 Å². The van der Waals surface area contributed by atoms with Gasteiger partial charge in [0.05, 0.1) is 32.7 Å². The molecule has 0 aliphatic heterocycles. The van der Waals surface area contributed by atoms with Gasteiger partial charge in [0, 0.05) is 12.1 Å². The Balaban J connectivity index is 2.55. The number of rotatable bonds is 8. The Morgan fingerprint density at radius 1 is 1.11 bits per heavy atom. The van der Waals surface area contributed by atoms with Crippen molar-refractivity contribution in [3.05, 3.63) is 53.1 Å². The van der Waals surface area contributed by atoms with E-state index in [4.69, 9.17) is 4.74 Å². The summed E-state index contributed by atoms with van der Waals surface area (Å²) in [7, 11) is 2.73. The molecule has 0 aliphatic rings. The minimum absolute atomic E-state index is 0.00913. The Morgan fingerprint density at radius 2 is 1.86 bits per heavy atom. The molecular formula is C20H20F3NO4. The molecule has 0 saturated carbocycles. The number of carbonyl (C=O) groups excluding carboxylic acids is 2. The van der Waals surface area contributed by atoms with Crippen LogP contribution in [0.2, 0.25) is 0 Å². The Morgan fingerprint density at radius 3 is 2.46 bits per heavy atom. The van der Waals surface area contributed by atoms with E-state index in [2.05, 4.69) is 10.1 Å². The van der Waals surface area contributed by atoms with Crippen LogP contribution in [-0.4, -0.2) is 33.0 Å². The van der Waals surface area contributed by atoms with Crippen molar-refractivity contribution in [3.8, 4) is 16.9 Å². The summed E-state index contributed by atoms with van der Waals surface area (Å²) in [5.41, 5.74) is 1.25. The molecule has 0 radical (unpaired) electrons. The van der Waals surface area contributed by atoms with Crippen LogP contribution in [-0.2, 0) is 33.5 Å². The third kappa shape index (κ3) is 5.32. The van der Waals surface area contributed by atoms with Crippen molar-refractivity contribution in [2.24, 2.45) is 0 Å². The van der Waals surface area contributed by atoms with Crippen molar-refractivity contribution in [2.45, 2.75) is 19.1 Å². The Kier molecular flexibility index (Phi) is 7.17. The number of carbonyl (C=O) groups is 2. The average Bonchev–Trinajstić information content (AvgIpc) is 2.67. The fourth-order valence-electron chi connectivity index (χ4n) is 2.76. The first-order valence-corrected chi connectivity index (χ1v) is 8.38. The second kappa shape index (κ2) is 9.36. The van der Waals surface area contributed by atoms with E-state index in [1.807, 2.05) is 0 Å². The number of benzene rings is 2. The lowest BCUT2D eigenvalue weighted by atomic mass is 9.94. The van der Waals surface area contributed by atoms with Crippen molar-refractivity contribution < 1.29 is 32.2 Å². The Hall–Kier alpha value is -2.87. The minimum Gasteiger partial charge on any atom is -0.496 e. The molecule has 0 aromatic heterocycles. The lowest BCUT2D eigenvalue weighted by molar-refractivity contribution is -0.140. The summed E-state index contributed by atoms with van der Waals surface area (Å²) in [5.74, 6) is 0.0152. The number of hydrogen-bond donors (Lipinski definition) is 1. The Labute approximate surface area is 160 Å². The van der Waals surface area contributed by atoms with E-state index in [9.17, 15) is 22.8 Å². The fourth-order valence-corrected chi connectivity index (χ4v) is 2.76. The molecule has 5 nitrogen and oxygen atoms in total. The molecule has 8 heteroatoms. The molecule has 0 heterocycles. The first-order valence-electron chi connectivity index (χ1n) is 8.38. The van der Waals surface area contributed by atoms with Crippen molar-refractivity contribution in [1.82, 2.24) is 5.32 Å². The van der Waals surface area contributed by atoms with E-state index in [0.717, 1.165) is 12.1 Å². The average molecular weight is 395 g/mol. The summed E-state index contributed by atoms with van der Waals surface area (Å²) in [4.78, 5) is 22.1. The summed E-state index contributed by atoms with van der Waals surface area (Å²) in [5, 5.41) is 2.78. The number of methoxy groups -OCH3 is 2. The molecule has 28 heavy (non-hydrogen) atoms. The maximum Gasteiger partial charge on any atom is 0.416 e. The molecule has 150 valence electrons. The molecule has 2 aromatic rings. The summed E-state index contributed by atoms with van der Waals surface area (Å²) in [6.07, 6.45) is -3.84. The van der Waals surface area contributed by atoms with Crippen molar-refractivity contribution in [3.63, 3.8) is 0 Å². The second-order valence-corrected chi connectivity index (χ2v) is 5.95. The minimum atomic E-state index is -4.49.